The van der Waals surface area contributed by atoms with Crippen molar-refractivity contribution in [2.24, 2.45) is 0 Å². The van der Waals surface area contributed by atoms with Crippen molar-refractivity contribution in [1.29, 1.82) is 0 Å². The second kappa shape index (κ2) is 8.16. The SMILES string of the molecule is Cc1ccc(N(C)C(=O)CCc2nc(-c3ccc(C(C)C)cc3)no2)cc1. The van der Waals surface area contributed by atoms with Crippen LogP contribution >= 0.6 is 0 Å². The van der Waals surface area contributed by atoms with Crippen LogP contribution in [-0.4, -0.2) is 23.1 Å². The topological polar surface area (TPSA) is 59.2 Å². The largest absolute Gasteiger partial charge is 0.339 e. The van der Waals surface area contributed by atoms with Crippen LogP contribution in [0, 0.1) is 6.92 Å². The summed E-state index contributed by atoms with van der Waals surface area (Å²) < 4.78 is 5.32. The Hall–Kier alpha value is -2.95. The van der Waals surface area contributed by atoms with Gasteiger partial charge in [-0.1, -0.05) is 61.0 Å². The van der Waals surface area contributed by atoms with E-state index in [1.807, 2.05) is 43.3 Å². The predicted molar refractivity (Wildman–Crippen MR) is 107 cm³/mol. The molecule has 5 nitrogen and oxygen atoms in total. The molecule has 0 spiro atoms. The monoisotopic (exact) mass is 363 g/mol. The van der Waals surface area contributed by atoms with E-state index in [1.165, 1.54) is 11.1 Å². The molecular formula is C22H25N3O2. The Bertz CT molecular complexity index is 896. The highest BCUT2D eigenvalue weighted by Gasteiger charge is 2.14. The Morgan fingerprint density at radius 1 is 1.07 bits per heavy atom. The molecule has 0 aliphatic heterocycles. The second-order valence-corrected chi connectivity index (χ2v) is 7.08. The van der Waals surface area contributed by atoms with E-state index in [0.717, 1.165) is 11.3 Å². The Labute approximate surface area is 160 Å². The smallest absolute Gasteiger partial charge is 0.227 e. The first kappa shape index (κ1) is 18.8. The minimum atomic E-state index is 0.0138. The number of hydrogen-bond donors (Lipinski definition) is 0. The van der Waals surface area contributed by atoms with E-state index in [4.69, 9.17) is 4.52 Å². The number of carbonyl (C=O) groups excluding carboxylic acids is 1. The van der Waals surface area contributed by atoms with Crippen LogP contribution in [0.3, 0.4) is 0 Å². The van der Waals surface area contributed by atoms with Crippen molar-refractivity contribution in [2.75, 3.05) is 11.9 Å². The fourth-order valence-corrected chi connectivity index (χ4v) is 2.78. The lowest BCUT2D eigenvalue weighted by atomic mass is 10.0. The summed E-state index contributed by atoms with van der Waals surface area (Å²) >= 11 is 0. The van der Waals surface area contributed by atoms with Gasteiger partial charge in [-0.2, -0.15) is 4.98 Å². The van der Waals surface area contributed by atoms with E-state index in [1.54, 1.807) is 11.9 Å². The predicted octanol–water partition coefficient (Wildman–Crippen LogP) is 4.76. The van der Waals surface area contributed by atoms with Crippen LogP contribution < -0.4 is 4.90 Å². The van der Waals surface area contributed by atoms with Gasteiger partial charge in [0.05, 0.1) is 0 Å². The molecule has 5 heteroatoms. The zero-order valence-corrected chi connectivity index (χ0v) is 16.3. The van der Waals surface area contributed by atoms with E-state index >= 15 is 0 Å². The van der Waals surface area contributed by atoms with Crippen LogP contribution in [0.1, 0.15) is 43.2 Å². The van der Waals surface area contributed by atoms with Gasteiger partial charge in [0.25, 0.3) is 0 Å². The second-order valence-electron chi connectivity index (χ2n) is 7.08. The first-order chi connectivity index (χ1) is 12.9. The van der Waals surface area contributed by atoms with Gasteiger partial charge in [-0.3, -0.25) is 4.79 Å². The molecule has 0 saturated carbocycles. The molecule has 1 aromatic heterocycles. The first-order valence-electron chi connectivity index (χ1n) is 9.20. The van der Waals surface area contributed by atoms with Crippen molar-refractivity contribution < 1.29 is 9.32 Å². The van der Waals surface area contributed by atoms with E-state index in [9.17, 15) is 4.79 Å². The van der Waals surface area contributed by atoms with Gasteiger partial charge in [0.1, 0.15) is 0 Å². The van der Waals surface area contributed by atoms with Crippen molar-refractivity contribution in [3.8, 4) is 11.4 Å². The molecule has 3 rings (SSSR count). The Kier molecular flexibility index (Phi) is 5.69. The number of carbonyl (C=O) groups is 1. The molecule has 0 aliphatic rings. The average Bonchev–Trinajstić information content (AvgIpc) is 3.15. The highest BCUT2D eigenvalue weighted by atomic mass is 16.5. The molecule has 0 radical (unpaired) electrons. The minimum Gasteiger partial charge on any atom is -0.339 e. The third-order valence-corrected chi connectivity index (χ3v) is 4.65. The number of nitrogens with zero attached hydrogens (tertiary/aromatic N) is 3. The van der Waals surface area contributed by atoms with E-state index < -0.39 is 0 Å². The number of hydrogen-bond acceptors (Lipinski definition) is 4. The number of amides is 1. The Morgan fingerprint density at radius 2 is 1.74 bits per heavy atom. The molecule has 3 aromatic rings. The molecule has 2 aromatic carbocycles. The normalized spacial score (nSPS) is 11.0. The van der Waals surface area contributed by atoms with Crippen LogP contribution in [0.4, 0.5) is 5.69 Å². The molecule has 27 heavy (non-hydrogen) atoms. The van der Waals surface area contributed by atoms with Gasteiger partial charge in [0.2, 0.25) is 17.6 Å². The van der Waals surface area contributed by atoms with Crippen molar-refractivity contribution in [2.45, 2.75) is 39.5 Å². The molecule has 0 bridgehead atoms. The van der Waals surface area contributed by atoms with Crippen molar-refractivity contribution in [3.05, 3.63) is 65.5 Å². The van der Waals surface area contributed by atoms with Crippen LogP contribution in [-0.2, 0) is 11.2 Å². The van der Waals surface area contributed by atoms with Gasteiger partial charge in [-0.25, -0.2) is 0 Å². The van der Waals surface area contributed by atoms with Crippen LogP contribution in [0.2, 0.25) is 0 Å². The molecule has 0 atom stereocenters. The van der Waals surface area contributed by atoms with Crippen molar-refractivity contribution >= 4 is 11.6 Å². The maximum Gasteiger partial charge on any atom is 0.227 e. The molecule has 140 valence electrons. The van der Waals surface area contributed by atoms with Gasteiger partial charge in [-0.15, -0.1) is 0 Å². The lowest BCUT2D eigenvalue weighted by molar-refractivity contribution is -0.118. The summed E-state index contributed by atoms with van der Waals surface area (Å²) in [4.78, 5) is 18.5. The summed E-state index contributed by atoms with van der Waals surface area (Å²) in [6.07, 6.45) is 0.740. The lowest BCUT2D eigenvalue weighted by Crippen LogP contribution is -2.26. The number of benzene rings is 2. The fraction of sp³-hybridized carbons (Fsp3) is 0.318. The van der Waals surface area contributed by atoms with Crippen LogP contribution in [0.25, 0.3) is 11.4 Å². The van der Waals surface area contributed by atoms with Gasteiger partial charge in [0.15, 0.2) is 0 Å². The van der Waals surface area contributed by atoms with E-state index in [0.29, 0.717) is 30.5 Å². The Morgan fingerprint density at radius 3 is 2.37 bits per heavy atom. The zero-order chi connectivity index (χ0) is 19.4. The highest BCUT2D eigenvalue weighted by molar-refractivity contribution is 5.92. The third-order valence-electron chi connectivity index (χ3n) is 4.65. The van der Waals surface area contributed by atoms with Gasteiger partial charge >= 0.3 is 0 Å². The van der Waals surface area contributed by atoms with Crippen molar-refractivity contribution in [3.63, 3.8) is 0 Å². The molecule has 0 saturated heterocycles. The van der Waals surface area contributed by atoms with Crippen molar-refractivity contribution in [1.82, 2.24) is 10.1 Å². The zero-order valence-electron chi connectivity index (χ0n) is 16.3. The van der Waals surface area contributed by atoms with E-state index in [-0.39, 0.29) is 5.91 Å². The highest BCUT2D eigenvalue weighted by Crippen LogP contribution is 2.21. The Balaban J connectivity index is 1.60. The number of aromatic nitrogens is 2. The summed E-state index contributed by atoms with van der Waals surface area (Å²) in [5.74, 6) is 1.53. The summed E-state index contributed by atoms with van der Waals surface area (Å²) in [5.41, 5.74) is 4.23. The maximum atomic E-state index is 12.4. The quantitative estimate of drug-likeness (QED) is 0.633. The fourth-order valence-electron chi connectivity index (χ4n) is 2.78. The van der Waals surface area contributed by atoms with Crippen LogP contribution in [0.5, 0.6) is 0 Å². The molecule has 1 heterocycles. The summed E-state index contributed by atoms with van der Waals surface area (Å²) in [6.45, 7) is 6.34. The minimum absolute atomic E-state index is 0.0138. The summed E-state index contributed by atoms with van der Waals surface area (Å²) in [5, 5.41) is 4.04. The molecule has 0 N–H and O–H groups in total. The number of aryl methyl sites for hydroxylation is 2. The van der Waals surface area contributed by atoms with Gasteiger partial charge < -0.3 is 9.42 Å². The van der Waals surface area contributed by atoms with E-state index in [2.05, 4.69) is 36.1 Å². The third kappa shape index (κ3) is 4.61. The number of anilines is 1. The number of rotatable bonds is 6. The summed E-state index contributed by atoms with van der Waals surface area (Å²) in [7, 11) is 1.78. The maximum absolute atomic E-state index is 12.4. The standard InChI is InChI=1S/C22H25N3O2/c1-15(2)17-7-9-18(10-8-17)22-23-20(27-24-22)13-14-21(26)25(4)19-11-5-16(3)6-12-19/h5-12,15H,13-14H2,1-4H3. The molecular weight excluding hydrogens is 338 g/mol. The average molecular weight is 363 g/mol. The summed E-state index contributed by atoms with van der Waals surface area (Å²) in [6, 6.07) is 16.0. The van der Waals surface area contributed by atoms with Crippen LogP contribution in [0.15, 0.2) is 53.1 Å². The van der Waals surface area contributed by atoms with Gasteiger partial charge in [0, 0.05) is 31.1 Å². The van der Waals surface area contributed by atoms with Gasteiger partial charge in [-0.05, 0) is 30.5 Å². The molecule has 0 fully saturated rings. The molecule has 0 unspecified atom stereocenters. The lowest BCUT2D eigenvalue weighted by Gasteiger charge is -2.17. The first-order valence-corrected chi connectivity index (χ1v) is 9.20. The molecule has 1 amide bonds. The molecule has 0 aliphatic carbocycles.